The molecule has 0 atom stereocenters. The Balaban J connectivity index is 1.63. The van der Waals surface area contributed by atoms with Gasteiger partial charge in [-0.3, -0.25) is 14.9 Å². The number of fused-ring (bicyclic) bond motifs is 1. The Morgan fingerprint density at radius 2 is 1.88 bits per heavy atom. The van der Waals surface area contributed by atoms with Gasteiger partial charge in [0.15, 0.2) is 11.5 Å². The lowest BCUT2D eigenvalue weighted by Gasteiger charge is -2.11. The first kappa shape index (κ1) is 15.8. The number of hydrazone groups is 1. The molecule has 2 aliphatic heterocycles. The first-order valence-electron chi connectivity index (χ1n) is 7.79. The van der Waals surface area contributed by atoms with Crippen LogP contribution in [0.4, 0.5) is 11.4 Å². The van der Waals surface area contributed by atoms with Gasteiger partial charge in [-0.1, -0.05) is 6.07 Å². The predicted octanol–water partition coefficient (Wildman–Crippen LogP) is 3.13. The SMILES string of the molecule is CC1=NN(c2ccc([N+](=O)[O-])cc2)C(=O)/C1=C/c1ccc2c(c1)OCO2. The molecule has 0 saturated heterocycles. The number of anilines is 1. The number of carbonyl (C=O) groups is 1. The van der Waals surface area contributed by atoms with Crippen LogP contribution in [0.2, 0.25) is 0 Å². The van der Waals surface area contributed by atoms with Gasteiger partial charge in [-0.25, -0.2) is 0 Å². The molecule has 8 nitrogen and oxygen atoms in total. The van der Waals surface area contributed by atoms with E-state index in [-0.39, 0.29) is 18.4 Å². The third-order valence-electron chi connectivity index (χ3n) is 4.08. The molecule has 2 aromatic carbocycles. The van der Waals surface area contributed by atoms with Crippen molar-refractivity contribution in [3.8, 4) is 11.5 Å². The molecule has 8 heteroatoms. The minimum atomic E-state index is -0.491. The molecule has 0 saturated carbocycles. The summed E-state index contributed by atoms with van der Waals surface area (Å²) in [6, 6.07) is 11.1. The van der Waals surface area contributed by atoms with Gasteiger partial charge < -0.3 is 9.47 Å². The number of ether oxygens (including phenoxy) is 2. The highest BCUT2D eigenvalue weighted by molar-refractivity contribution is 6.32. The van der Waals surface area contributed by atoms with E-state index in [1.54, 1.807) is 25.1 Å². The highest BCUT2D eigenvalue weighted by Crippen LogP contribution is 2.34. The largest absolute Gasteiger partial charge is 0.454 e. The predicted molar refractivity (Wildman–Crippen MR) is 94.2 cm³/mol. The van der Waals surface area contributed by atoms with Crippen molar-refractivity contribution in [1.82, 2.24) is 0 Å². The van der Waals surface area contributed by atoms with Gasteiger partial charge in [0, 0.05) is 12.1 Å². The van der Waals surface area contributed by atoms with E-state index in [1.807, 2.05) is 6.07 Å². The highest BCUT2D eigenvalue weighted by atomic mass is 16.7. The van der Waals surface area contributed by atoms with Gasteiger partial charge in [0.1, 0.15) is 0 Å². The number of benzene rings is 2. The van der Waals surface area contributed by atoms with Crippen molar-refractivity contribution in [2.24, 2.45) is 5.10 Å². The number of nitro groups is 1. The molecule has 130 valence electrons. The Morgan fingerprint density at radius 3 is 2.62 bits per heavy atom. The molecular weight excluding hydrogens is 338 g/mol. The van der Waals surface area contributed by atoms with E-state index in [0.29, 0.717) is 28.5 Å². The zero-order valence-electron chi connectivity index (χ0n) is 13.7. The second kappa shape index (κ2) is 5.99. The standard InChI is InChI=1S/C18H13N3O5/c1-11-15(8-12-2-7-16-17(9-12)26-10-25-16)18(22)20(19-11)13-3-5-14(6-4-13)21(23)24/h2-9H,10H2,1H3/b15-8+. The molecule has 0 spiro atoms. The molecule has 0 aromatic heterocycles. The summed E-state index contributed by atoms with van der Waals surface area (Å²) >= 11 is 0. The molecule has 2 aliphatic rings. The molecule has 1 amide bonds. The van der Waals surface area contributed by atoms with Crippen molar-refractivity contribution in [3.63, 3.8) is 0 Å². The number of rotatable bonds is 3. The van der Waals surface area contributed by atoms with Gasteiger partial charge in [-0.05, 0) is 42.8 Å². The first-order chi connectivity index (χ1) is 12.5. The van der Waals surface area contributed by atoms with Gasteiger partial charge in [-0.15, -0.1) is 0 Å². The summed E-state index contributed by atoms with van der Waals surface area (Å²) < 4.78 is 10.6. The number of amides is 1. The van der Waals surface area contributed by atoms with Crippen LogP contribution in [0.15, 0.2) is 53.1 Å². The Hall–Kier alpha value is -3.68. The summed E-state index contributed by atoms with van der Waals surface area (Å²) in [5.74, 6) is 1.00. The zero-order valence-corrected chi connectivity index (χ0v) is 13.7. The van der Waals surface area contributed by atoms with Crippen LogP contribution in [0.3, 0.4) is 0 Å². The molecular formula is C18H13N3O5. The normalized spacial score (nSPS) is 17.0. The Morgan fingerprint density at radius 1 is 1.15 bits per heavy atom. The minimum absolute atomic E-state index is 0.0442. The Bertz CT molecular complexity index is 979. The summed E-state index contributed by atoms with van der Waals surface area (Å²) in [5.41, 5.74) is 2.22. The maximum atomic E-state index is 12.7. The molecule has 26 heavy (non-hydrogen) atoms. The molecule has 0 N–H and O–H groups in total. The summed E-state index contributed by atoms with van der Waals surface area (Å²) in [7, 11) is 0. The van der Waals surface area contributed by atoms with Crippen LogP contribution in [0.1, 0.15) is 12.5 Å². The fraction of sp³-hybridized carbons (Fsp3) is 0.111. The van der Waals surface area contributed by atoms with E-state index in [9.17, 15) is 14.9 Å². The lowest BCUT2D eigenvalue weighted by atomic mass is 10.1. The van der Waals surface area contributed by atoms with Crippen LogP contribution < -0.4 is 14.5 Å². The van der Waals surface area contributed by atoms with Crippen molar-refractivity contribution in [1.29, 1.82) is 0 Å². The van der Waals surface area contributed by atoms with Crippen molar-refractivity contribution in [2.75, 3.05) is 11.8 Å². The van der Waals surface area contributed by atoms with Crippen molar-refractivity contribution in [3.05, 3.63) is 63.7 Å². The summed E-state index contributed by atoms with van der Waals surface area (Å²) in [6.07, 6.45) is 1.73. The summed E-state index contributed by atoms with van der Waals surface area (Å²) in [6.45, 7) is 1.92. The number of carbonyl (C=O) groups excluding carboxylic acids is 1. The van der Waals surface area contributed by atoms with Gasteiger partial charge in [0.2, 0.25) is 6.79 Å². The molecule has 4 rings (SSSR count). The number of nitrogens with zero attached hydrogens (tertiary/aromatic N) is 3. The van der Waals surface area contributed by atoms with Crippen LogP contribution in [-0.2, 0) is 4.79 Å². The second-order valence-electron chi connectivity index (χ2n) is 5.75. The quantitative estimate of drug-likeness (QED) is 0.481. The molecule has 2 aromatic rings. The average Bonchev–Trinajstić information content (AvgIpc) is 3.21. The second-order valence-corrected chi connectivity index (χ2v) is 5.75. The number of hydrogen-bond acceptors (Lipinski definition) is 6. The lowest BCUT2D eigenvalue weighted by molar-refractivity contribution is -0.384. The molecule has 0 aliphatic carbocycles. The van der Waals surface area contributed by atoms with Gasteiger partial charge in [0.05, 0.1) is 21.9 Å². The highest BCUT2D eigenvalue weighted by Gasteiger charge is 2.29. The van der Waals surface area contributed by atoms with Crippen molar-refractivity contribution < 1.29 is 19.2 Å². The first-order valence-corrected chi connectivity index (χ1v) is 7.79. The summed E-state index contributed by atoms with van der Waals surface area (Å²) in [4.78, 5) is 23.0. The van der Waals surface area contributed by atoms with E-state index in [0.717, 1.165) is 5.56 Å². The van der Waals surface area contributed by atoms with Crippen molar-refractivity contribution >= 4 is 29.1 Å². The Labute approximate surface area is 148 Å². The maximum absolute atomic E-state index is 12.7. The van der Waals surface area contributed by atoms with Crippen molar-refractivity contribution in [2.45, 2.75) is 6.92 Å². The van der Waals surface area contributed by atoms with Crippen LogP contribution in [0.5, 0.6) is 11.5 Å². The summed E-state index contributed by atoms with van der Waals surface area (Å²) in [5, 5.41) is 16.3. The van der Waals surface area contributed by atoms with Gasteiger partial charge >= 0.3 is 0 Å². The van der Waals surface area contributed by atoms with E-state index >= 15 is 0 Å². The van der Waals surface area contributed by atoms with Crippen LogP contribution in [-0.4, -0.2) is 23.3 Å². The van der Waals surface area contributed by atoms with E-state index in [2.05, 4.69) is 5.10 Å². The molecule has 0 unspecified atom stereocenters. The number of nitro benzene ring substituents is 1. The smallest absolute Gasteiger partial charge is 0.280 e. The molecule has 2 heterocycles. The Kier molecular flexibility index (Phi) is 3.65. The number of non-ortho nitro benzene ring substituents is 1. The van der Waals surface area contributed by atoms with Crippen LogP contribution >= 0.6 is 0 Å². The van der Waals surface area contributed by atoms with Gasteiger partial charge in [-0.2, -0.15) is 10.1 Å². The lowest BCUT2D eigenvalue weighted by Crippen LogP contribution is -2.21. The molecule has 0 radical (unpaired) electrons. The average molecular weight is 351 g/mol. The van der Waals surface area contributed by atoms with E-state index in [1.165, 1.54) is 29.3 Å². The molecule has 0 fully saturated rings. The van der Waals surface area contributed by atoms with E-state index in [4.69, 9.17) is 9.47 Å². The van der Waals surface area contributed by atoms with Crippen LogP contribution in [0.25, 0.3) is 6.08 Å². The molecule has 0 bridgehead atoms. The monoisotopic (exact) mass is 351 g/mol. The van der Waals surface area contributed by atoms with E-state index < -0.39 is 4.92 Å². The third kappa shape index (κ3) is 2.67. The van der Waals surface area contributed by atoms with Gasteiger partial charge in [0.25, 0.3) is 11.6 Å². The maximum Gasteiger partial charge on any atom is 0.280 e. The number of hydrogen-bond donors (Lipinski definition) is 0. The fourth-order valence-electron chi connectivity index (χ4n) is 2.74. The zero-order chi connectivity index (χ0) is 18.3. The third-order valence-corrected chi connectivity index (χ3v) is 4.08. The topological polar surface area (TPSA) is 94.3 Å². The van der Waals surface area contributed by atoms with Crippen LogP contribution in [0, 0.1) is 10.1 Å². The fourth-order valence-corrected chi connectivity index (χ4v) is 2.74. The minimum Gasteiger partial charge on any atom is -0.454 e.